The molecule has 1 N–H and O–H groups in total. The molecule has 13 heavy (non-hydrogen) atoms. The second-order valence-electron chi connectivity index (χ2n) is 2.42. The number of benzene rings is 1. The maximum absolute atomic E-state index is 11.8. The quantitative estimate of drug-likeness (QED) is 0.829. The molecule has 0 amide bonds. The number of halogens is 3. The molecular weight excluding hydrogens is 260 g/mol. The summed E-state index contributed by atoms with van der Waals surface area (Å²) in [6.07, 6.45) is -5.35. The number of hydrogen-bond donors (Lipinski definition) is 1. The van der Waals surface area contributed by atoms with E-state index in [0.29, 0.717) is 0 Å². The second kappa shape index (κ2) is 4.80. The van der Waals surface area contributed by atoms with E-state index in [0.717, 1.165) is 0 Å². The van der Waals surface area contributed by atoms with E-state index in [1.807, 2.05) is 0 Å². The molecule has 1 rings (SSSR count). The molecule has 0 aliphatic rings. The van der Waals surface area contributed by atoms with Crippen molar-refractivity contribution >= 4 is 0 Å². The van der Waals surface area contributed by atoms with Gasteiger partial charge in [-0.3, -0.25) is 0 Å². The van der Waals surface area contributed by atoms with E-state index in [-0.39, 0.29) is 37.5 Å². The summed E-state index contributed by atoms with van der Waals surface area (Å²) in [5.74, 6) is -0.310. The predicted octanol–water partition coefficient (Wildman–Crippen LogP) is 2.49. The SMILES string of the molecule is Oc1ccccc1CC(F)(F)F.[Zr]. The van der Waals surface area contributed by atoms with Gasteiger partial charge < -0.3 is 5.11 Å². The molecule has 0 heterocycles. The fourth-order valence-electron chi connectivity index (χ4n) is 0.876. The molecule has 0 unspecified atom stereocenters. The van der Waals surface area contributed by atoms with Crippen molar-refractivity contribution in [2.75, 3.05) is 0 Å². The van der Waals surface area contributed by atoms with Crippen molar-refractivity contribution < 1.29 is 44.5 Å². The van der Waals surface area contributed by atoms with Gasteiger partial charge in [0.1, 0.15) is 5.75 Å². The van der Waals surface area contributed by atoms with E-state index in [1.165, 1.54) is 24.3 Å². The Bertz CT molecular complexity index is 272. The zero-order valence-electron chi connectivity index (χ0n) is 6.60. The Morgan fingerprint density at radius 2 is 1.69 bits per heavy atom. The topological polar surface area (TPSA) is 20.2 Å². The maximum Gasteiger partial charge on any atom is 0.393 e. The summed E-state index contributed by atoms with van der Waals surface area (Å²) >= 11 is 0. The Morgan fingerprint density at radius 1 is 1.15 bits per heavy atom. The van der Waals surface area contributed by atoms with Crippen molar-refractivity contribution in [3.05, 3.63) is 29.8 Å². The molecule has 0 saturated carbocycles. The van der Waals surface area contributed by atoms with Crippen LogP contribution in [0.5, 0.6) is 5.75 Å². The van der Waals surface area contributed by atoms with Gasteiger partial charge >= 0.3 is 6.18 Å². The molecule has 0 radical (unpaired) electrons. The van der Waals surface area contributed by atoms with Crippen LogP contribution in [0.1, 0.15) is 5.56 Å². The summed E-state index contributed by atoms with van der Waals surface area (Å²) in [5, 5.41) is 8.97. The summed E-state index contributed by atoms with van der Waals surface area (Å²) in [5.41, 5.74) is -0.0926. The normalized spacial score (nSPS) is 10.7. The molecule has 0 spiro atoms. The molecule has 1 aromatic rings. The van der Waals surface area contributed by atoms with Crippen molar-refractivity contribution in [2.24, 2.45) is 0 Å². The first-order valence-electron chi connectivity index (χ1n) is 3.33. The van der Waals surface area contributed by atoms with Crippen molar-refractivity contribution in [2.45, 2.75) is 12.6 Å². The molecule has 0 bridgehead atoms. The third-order valence-electron chi connectivity index (χ3n) is 1.38. The molecule has 0 aromatic heterocycles. The molecular formula is C8H7F3OZr. The number of hydrogen-bond acceptors (Lipinski definition) is 1. The molecule has 1 aromatic carbocycles. The number of alkyl halides is 3. The first-order valence-corrected chi connectivity index (χ1v) is 3.33. The fraction of sp³-hybridized carbons (Fsp3) is 0.250. The molecule has 1 nitrogen and oxygen atoms in total. The standard InChI is InChI=1S/C8H7F3O.Zr/c9-8(10,11)5-6-3-1-2-4-7(6)12;/h1-4,12H,5H2;. The average Bonchev–Trinajstić information content (AvgIpc) is 1.91. The summed E-state index contributed by atoms with van der Waals surface area (Å²) in [6.45, 7) is 0. The van der Waals surface area contributed by atoms with Gasteiger partial charge in [0.05, 0.1) is 6.42 Å². The van der Waals surface area contributed by atoms with Crippen LogP contribution >= 0.6 is 0 Å². The molecule has 0 aliphatic carbocycles. The van der Waals surface area contributed by atoms with Crippen LogP contribution in [0.2, 0.25) is 0 Å². The third-order valence-corrected chi connectivity index (χ3v) is 1.38. The Labute approximate surface area is 92.7 Å². The van der Waals surface area contributed by atoms with Gasteiger partial charge in [-0.2, -0.15) is 13.2 Å². The van der Waals surface area contributed by atoms with Crippen molar-refractivity contribution in [1.29, 1.82) is 0 Å². The molecule has 5 heteroatoms. The molecule has 0 fully saturated rings. The minimum Gasteiger partial charge on any atom is -0.508 e. The van der Waals surface area contributed by atoms with Gasteiger partial charge in [-0.25, -0.2) is 0 Å². The minimum absolute atomic E-state index is 0. The summed E-state index contributed by atoms with van der Waals surface area (Å²) in [4.78, 5) is 0. The monoisotopic (exact) mass is 266 g/mol. The number of aromatic hydroxyl groups is 1. The van der Waals surface area contributed by atoms with E-state index >= 15 is 0 Å². The fourth-order valence-corrected chi connectivity index (χ4v) is 0.876. The van der Waals surface area contributed by atoms with Crippen LogP contribution in [-0.4, -0.2) is 11.3 Å². The summed E-state index contributed by atoms with van der Waals surface area (Å²) in [6, 6.07) is 5.43. The van der Waals surface area contributed by atoms with Crippen LogP contribution in [0.25, 0.3) is 0 Å². The van der Waals surface area contributed by atoms with Gasteiger partial charge in [-0.1, -0.05) is 18.2 Å². The summed E-state index contributed by atoms with van der Waals surface area (Å²) < 4.78 is 35.4. The molecule has 0 atom stereocenters. The van der Waals surface area contributed by atoms with Gasteiger partial charge in [0.15, 0.2) is 0 Å². The first kappa shape index (κ1) is 12.7. The zero-order valence-corrected chi connectivity index (χ0v) is 9.06. The Kier molecular flexibility index (Phi) is 4.68. The van der Waals surface area contributed by atoms with Gasteiger partial charge in [-0.15, -0.1) is 0 Å². The smallest absolute Gasteiger partial charge is 0.393 e. The van der Waals surface area contributed by atoms with Crippen LogP contribution in [0.15, 0.2) is 24.3 Å². The Morgan fingerprint density at radius 3 is 2.15 bits per heavy atom. The minimum atomic E-state index is -4.27. The second-order valence-corrected chi connectivity index (χ2v) is 2.42. The van der Waals surface area contributed by atoms with Crippen LogP contribution in [0, 0.1) is 0 Å². The maximum atomic E-state index is 11.8. The number of rotatable bonds is 1. The first-order chi connectivity index (χ1) is 5.49. The summed E-state index contributed by atoms with van der Waals surface area (Å²) in [7, 11) is 0. The van der Waals surface area contributed by atoms with Crippen LogP contribution < -0.4 is 0 Å². The zero-order chi connectivity index (χ0) is 9.19. The average molecular weight is 267 g/mol. The predicted molar refractivity (Wildman–Crippen MR) is 37.9 cm³/mol. The van der Waals surface area contributed by atoms with Crippen molar-refractivity contribution in [1.82, 2.24) is 0 Å². The van der Waals surface area contributed by atoms with E-state index in [1.54, 1.807) is 0 Å². The van der Waals surface area contributed by atoms with Crippen LogP contribution in [0.4, 0.5) is 13.2 Å². The van der Waals surface area contributed by atoms with E-state index in [2.05, 4.69) is 0 Å². The number of phenolic OH excluding ortho intramolecular Hbond substituents is 1. The number of phenols is 1. The largest absolute Gasteiger partial charge is 0.508 e. The molecule has 0 saturated heterocycles. The van der Waals surface area contributed by atoms with Crippen molar-refractivity contribution in [3.8, 4) is 5.75 Å². The third kappa shape index (κ3) is 4.46. The number of para-hydroxylation sites is 1. The van der Waals surface area contributed by atoms with Gasteiger partial charge in [0.2, 0.25) is 0 Å². The van der Waals surface area contributed by atoms with Gasteiger partial charge in [0, 0.05) is 31.8 Å². The van der Waals surface area contributed by atoms with E-state index in [4.69, 9.17) is 5.11 Å². The van der Waals surface area contributed by atoms with Gasteiger partial charge in [0.25, 0.3) is 0 Å². The molecule has 70 valence electrons. The van der Waals surface area contributed by atoms with Gasteiger partial charge in [-0.05, 0) is 6.07 Å². The van der Waals surface area contributed by atoms with Crippen molar-refractivity contribution in [3.63, 3.8) is 0 Å². The van der Waals surface area contributed by atoms with E-state index in [9.17, 15) is 13.2 Å². The Balaban J connectivity index is 0.00000144. The van der Waals surface area contributed by atoms with Crippen LogP contribution in [-0.2, 0) is 32.6 Å². The van der Waals surface area contributed by atoms with Crippen LogP contribution in [0.3, 0.4) is 0 Å². The Hall–Kier alpha value is -0.307. The molecule has 0 aliphatic heterocycles. The van der Waals surface area contributed by atoms with E-state index < -0.39 is 12.6 Å².